The fraction of sp³-hybridized carbons (Fsp3) is 0.231. The fourth-order valence-electron chi connectivity index (χ4n) is 1.45. The van der Waals surface area contributed by atoms with Gasteiger partial charge in [0.2, 0.25) is 0 Å². The minimum absolute atomic E-state index is 0.0829. The van der Waals surface area contributed by atoms with E-state index in [1.165, 1.54) is 25.1 Å². The molecule has 0 radical (unpaired) electrons. The lowest BCUT2D eigenvalue weighted by Gasteiger charge is -2.08. The van der Waals surface area contributed by atoms with Crippen LogP contribution in [0.15, 0.2) is 29.8 Å². The van der Waals surface area contributed by atoms with Crippen molar-refractivity contribution in [2.24, 2.45) is 5.73 Å². The number of rotatable bonds is 4. The van der Waals surface area contributed by atoms with Crippen LogP contribution in [0.3, 0.4) is 0 Å². The lowest BCUT2D eigenvalue weighted by molar-refractivity contribution is -0.139. The number of benzene rings is 1. The Hall–Kier alpha value is -2.17. The maximum absolute atomic E-state index is 13.1. The van der Waals surface area contributed by atoms with Crippen LogP contribution in [0.5, 0.6) is 0 Å². The molecule has 0 fully saturated rings. The van der Waals surface area contributed by atoms with Gasteiger partial charge in [-0.1, -0.05) is 12.1 Å². The van der Waals surface area contributed by atoms with Crippen LogP contribution in [0.25, 0.3) is 5.70 Å². The van der Waals surface area contributed by atoms with Crippen LogP contribution in [0.1, 0.15) is 19.4 Å². The highest BCUT2D eigenvalue weighted by Gasteiger charge is 2.20. The van der Waals surface area contributed by atoms with Crippen molar-refractivity contribution in [1.82, 2.24) is 0 Å². The number of ether oxygens (including phenoxy) is 1. The van der Waals surface area contributed by atoms with Gasteiger partial charge in [-0.05, 0) is 26.0 Å². The standard InChI is InChI=1S/C13H14FNO3/c1-3-18-13(17)11(8(2)16)12(15)9-5-4-6-10(14)7-9/h4-7H,3,15H2,1-2H3/b12-11+. The van der Waals surface area contributed by atoms with Gasteiger partial charge >= 0.3 is 5.97 Å². The molecule has 0 amide bonds. The molecule has 4 nitrogen and oxygen atoms in total. The fourth-order valence-corrected chi connectivity index (χ4v) is 1.45. The van der Waals surface area contributed by atoms with Crippen LogP contribution in [-0.4, -0.2) is 18.4 Å². The van der Waals surface area contributed by atoms with Crippen molar-refractivity contribution >= 4 is 17.4 Å². The first-order chi connectivity index (χ1) is 8.47. The molecular formula is C13H14FNO3. The van der Waals surface area contributed by atoms with E-state index in [4.69, 9.17) is 10.5 Å². The summed E-state index contributed by atoms with van der Waals surface area (Å²) >= 11 is 0. The van der Waals surface area contributed by atoms with E-state index in [0.717, 1.165) is 6.07 Å². The molecule has 0 saturated heterocycles. The highest BCUT2D eigenvalue weighted by Crippen LogP contribution is 2.16. The normalized spacial score (nSPS) is 11.7. The second-order valence-electron chi connectivity index (χ2n) is 3.58. The van der Waals surface area contributed by atoms with Crippen molar-refractivity contribution in [2.45, 2.75) is 13.8 Å². The molecule has 5 heteroatoms. The van der Waals surface area contributed by atoms with Gasteiger partial charge in [-0.25, -0.2) is 9.18 Å². The third-order valence-corrected chi connectivity index (χ3v) is 2.24. The first-order valence-corrected chi connectivity index (χ1v) is 5.41. The molecule has 18 heavy (non-hydrogen) atoms. The van der Waals surface area contributed by atoms with Gasteiger partial charge in [0.25, 0.3) is 0 Å². The van der Waals surface area contributed by atoms with Crippen molar-refractivity contribution in [2.75, 3.05) is 6.61 Å². The van der Waals surface area contributed by atoms with E-state index >= 15 is 0 Å². The maximum Gasteiger partial charge on any atom is 0.343 e. The summed E-state index contributed by atoms with van der Waals surface area (Å²) in [6.07, 6.45) is 0. The number of hydrogen-bond donors (Lipinski definition) is 1. The number of Topliss-reactive ketones (excluding diaryl/α,β-unsaturated/α-hetero) is 1. The average molecular weight is 251 g/mol. The Balaban J connectivity index is 3.28. The Kier molecular flexibility index (Phi) is 4.59. The molecule has 1 aromatic carbocycles. The number of ketones is 1. The van der Waals surface area contributed by atoms with Crippen molar-refractivity contribution in [1.29, 1.82) is 0 Å². The summed E-state index contributed by atoms with van der Waals surface area (Å²) in [5.41, 5.74) is 5.66. The van der Waals surface area contributed by atoms with Gasteiger partial charge in [0.1, 0.15) is 11.4 Å². The number of halogens is 1. The first kappa shape index (κ1) is 13.9. The lowest BCUT2D eigenvalue weighted by atomic mass is 10.0. The zero-order valence-corrected chi connectivity index (χ0v) is 10.2. The molecule has 96 valence electrons. The molecule has 1 aromatic rings. The molecule has 0 bridgehead atoms. The summed E-state index contributed by atoms with van der Waals surface area (Å²) < 4.78 is 17.8. The molecule has 0 spiro atoms. The number of hydrogen-bond acceptors (Lipinski definition) is 4. The predicted molar refractivity (Wildman–Crippen MR) is 64.8 cm³/mol. The van der Waals surface area contributed by atoms with E-state index < -0.39 is 17.6 Å². The smallest absolute Gasteiger partial charge is 0.343 e. The van der Waals surface area contributed by atoms with E-state index in [1.807, 2.05) is 0 Å². The predicted octanol–water partition coefficient (Wildman–Crippen LogP) is 1.65. The van der Waals surface area contributed by atoms with E-state index in [2.05, 4.69) is 0 Å². The number of esters is 1. The minimum Gasteiger partial charge on any atom is -0.462 e. The van der Waals surface area contributed by atoms with Gasteiger partial charge in [-0.2, -0.15) is 0 Å². The molecule has 0 aromatic heterocycles. The van der Waals surface area contributed by atoms with Gasteiger partial charge in [0.05, 0.1) is 12.3 Å². The van der Waals surface area contributed by atoms with E-state index in [1.54, 1.807) is 6.92 Å². The topological polar surface area (TPSA) is 69.4 Å². The molecule has 0 heterocycles. The number of nitrogens with two attached hydrogens (primary N) is 1. The first-order valence-electron chi connectivity index (χ1n) is 5.41. The molecule has 0 aliphatic rings. The third kappa shape index (κ3) is 3.16. The molecule has 1 rings (SSSR count). The van der Waals surface area contributed by atoms with Crippen LogP contribution in [0, 0.1) is 5.82 Å². The van der Waals surface area contributed by atoms with Gasteiger partial charge < -0.3 is 10.5 Å². The third-order valence-electron chi connectivity index (χ3n) is 2.24. The van der Waals surface area contributed by atoms with Gasteiger partial charge in [0, 0.05) is 5.56 Å². The van der Waals surface area contributed by atoms with Crippen molar-refractivity contribution in [3.8, 4) is 0 Å². The molecule has 0 aliphatic carbocycles. The average Bonchev–Trinajstić information content (AvgIpc) is 2.28. The molecule has 0 aliphatic heterocycles. The largest absolute Gasteiger partial charge is 0.462 e. The SMILES string of the molecule is CCOC(=O)/C(C(C)=O)=C(/N)c1cccc(F)c1. The van der Waals surface area contributed by atoms with Crippen LogP contribution >= 0.6 is 0 Å². The monoisotopic (exact) mass is 251 g/mol. The minimum atomic E-state index is -0.799. The molecule has 0 atom stereocenters. The molecule has 0 unspecified atom stereocenters. The van der Waals surface area contributed by atoms with E-state index in [-0.39, 0.29) is 23.4 Å². The second kappa shape index (κ2) is 5.95. The second-order valence-corrected chi connectivity index (χ2v) is 3.58. The van der Waals surface area contributed by atoms with Gasteiger partial charge in [-0.3, -0.25) is 4.79 Å². The summed E-state index contributed by atoms with van der Waals surface area (Å²) in [4.78, 5) is 23.0. The summed E-state index contributed by atoms with van der Waals surface area (Å²) in [7, 11) is 0. The Bertz CT molecular complexity index is 509. The Morgan fingerprint density at radius 2 is 2.06 bits per heavy atom. The molecule has 2 N–H and O–H groups in total. The van der Waals surface area contributed by atoms with E-state index in [0.29, 0.717) is 0 Å². The number of carbonyl (C=O) groups excluding carboxylic acids is 2. The Morgan fingerprint density at radius 3 is 2.56 bits per heavy atom. The highest BCUT2D eigenvalue weighted by atomic mass is 19.1. The van der Waals surface area contributed by atoms with E-state index in [9.17, 15) is 14.0 Å². The zero-order chi connectivity index (χ0) is 13.7. The molecule has 0 saturated carbocycles. The Morgan fingerprint density at radius 1 is 1.39 bits per heavy atom. The van der Waals surface area contributed by atoms with Crippen LogP contribution < -0.4 is 5.73 Å². The highest BCUT2D eigenvalue weighted by molar-refractivity contribution is 6.21. The quantitative estimate of drug-likeness (QED) is 0.382. The van der Waals surface area contributed by atoms with Crippen molar-refractivity contribution in [3.05, 3.63) is 41.2 Å². The summed E-state index contributed by atoms with van der Waals surface area (Å²) in [5, 5.41) is 0. The van der Waals surface area contributed by atoms with Gasteiger partial charge in [0.15, 0.2) is 5.78 Å². The zero-order valence-electron chi connectivity index (χ0n) is 10.2. The lowest BCUT2D eigenvalue weighted by Crippen LogP contribution is -2.18. The summed E-state index contributed by atoms with van der Waals surface area (Å²) in [6.45, 7) is 2.96. The van der Waals surface area contributed by atoms with Crippen molar-refractivity contribution in [3.63, 3.8) is 0 Å². The van der Waals surface area contributed by atoms with Crippen LogP contribution in [0.4, 0.5) is 4.39 Å². The van der Waals surface area contributed by atoms with Crippen LogP contribution in [0.2, 0.25) is 0 Å². The van der Waals surface area contributed by atoms with Crippen LogP contribution in [-0.2, 0) is 14.3 Å². The number of carbonyl (C=O) groups is 2. The summed E-state index contributed by atoms with van der Waals surface area (Å²) in [6, 6.07) is 5.35. The Labute approximate surface area is 104 Å². The maximum atomic E-state index is 13.1. The summed E-state index contributed by atoms with van der Waals surface area (Å²) in [5.74, 6) is -1.82. The van der Waals surface area contributed by atoms with Crippen molar-refractivity contribution < 1.29 is 18.7 Å². The van der Waals surface area contributed by atoms with Gasteiger partial charge in [-0.15, -0.1) is 0 Å². The molecular weight excluding hydrogens is 237 g/mol.